The number of nitrogens with two attached hydrogens (primary N) is 1. The zero-order valence-corrected chi connectivity index (χ0v) is 14.5. The van der Waals surface area contributed by atoms with Crippen molar-refractivity contribution in [1.29, 1.82) is 0 Å². The van der Waals surface area contributed by atoms with Crippen molar-refractivity contribution in [3.05, 3.63) is 47.4 Å². The summed E-state index contributed by atoms with van der Waals surface area (Å²) in [6.45, 7) is 0.748. The molecule has 4 N–H and O–H groups in total. The van der Waals surface area contributed by atoms with Gasteiger partial charge in [-0.15, -0.1) is 11.3 Å². The molecule has 2 amide bonds. The Hall–Kier alpha value is -3.27. The molecule has 0 radical (unpaired) electrons. The van der Waals surface area contributed by atoms with E-state index < -0.39 is 0 Å². The SMILES string of the molecule is Nc1cncc(C(=O)NCCCNC(=O)c2cc(-c3cccs3)on2)n1. The highest BCUT2D eigenvalue weighted by molar-refractivity contribution is 7.13. The number of aromatic nitrogens is 3. The standard InChI is InChI=1S/C16H16N6O3S/c17-14-9-18-8-11(21-14)16(24)20-5-2-4-19-15(23)10-7-12(25-22-10)13-3-1-6-26-13/h1,3,6-9H,2,4-5H2,(H2,17,21)(H,19,23)(H,20,24). The van der Waals surface area contributed by atoms with Gasteiger partial charge in [-0.3, -0.25) is 14.6 Å². The Bertz CT molecular complexity index is 893. The summed E-state index contributed by atoms with van der Waals surface area (Å²) in [5, 5.41) is 11.1. The van der Waals surface area contributed by atoms with Crippen molar-refractivity contribution in [2.45, 2.75) is 6.42 Å². The van der Waals surface area contributed by atoms with Gasteiger partial charge in [0.25, 0.3) is 11.8 Å². The van der Waals surface area contributed by atoms with Crippen molar-refractivity contribution >= 4 is 29.0 Å². The monoisotopic (exact) mass is 372 g/mol. The number of hydrogen-bond acceptors (Lipinski definition) is 8. The first kappa shape index (κ1) is 17.5. The van der Waals surface area contributed by atoms with Crippen LogP contribution in [-0.4, -0.2) is 40.0 Å². The molecular weight excluding hydrogens is 356 g/mol. The fourth-order valence-electron chi connectivity index (χ4n) is 2.08. The Labute approximate surface area is 152 Å². The lowest BCUT2D eigenvalue weighted by atomic mass is 10.3. The fraction of sp³-hybridized carbons (Fsp3) is 0.188. The van der Waals surface area contributed by atoms with E-state index >= 15 is 0 Å². The van der Waals surface area contributed by atoms with Gasteiger partial charge >= 0.3 is 0 Å². The molecule has 0 fully saturated rings. The maximum Gasteiger partial charge on any atom is 0.273 e. The summed E-state index contributed by atoms with van der Waals surface area (Å²) in [5.41, 5.74) is 5.85. The summed E-state index contributed by atoms with van der Waals surface area (Å²) in [7, 11) is 0. The van der Waals surface area contributed by atoms with Crippen LogP contribution < -0.4 is 16.4 Å². The smallest absolute Gasteiger partial charge is 0.273 e. The maximum absolute atomic E-state index is 12.0. The van der Waals surface area contributed by atoms with Crippen LogP contribution in [0.4, 0.5) is 5.82 Å². The second kappa shape index (κ2) is 8.21. The van der Waals surface area contributed by atoms with Crippen molar-refractivity contribution < 1.29 is 14.1 Å². The molecule has 3 heterocycles. The Balaban J connectivity index is 1.40. The van der Waals surface area contributed by atoms with E-state index in [1.165, 1.54) is 23.7 Å². The van der Waals surface area contributed by atoms with Gasteiger partial charge in [0.2, 0.25) is 0 Å². The van der Waals surface area contributed by atoms with Crippen LogP contribution in [0.5, 0.6) is 0 Å². The molecule has 0 saturated heterocycles. The number of anilines is 1. The van der Waals surface area contributed by atoms with E-state index in [0.717, 1.165) is 4.88 Å². The predicted octanol–water partition coefficient (Wildman–Crippen LogP) is 1.33. The lowest BCUT2D eigenvalue weighted by molar-refractivity contribution is 0.0943. The van der Waals surface area contributed by atoms with E-state index in [9.17, 15) is 9.59 Å². The van der Waals surface area contributed by atoms with Gasteiger partial charge < -0.3 is 20.9 Å². The van der Waals surface area contributed by atoms with Crippen LogP contribution in [0, 0.1) is 0 Å². The summed E-state index contributed by atoms with van der Waals surface area (Å²) in [5.74, 6) is 0.0397. The van der Waals surface area contributed by atoms with Crippen LogP contribution in [-0.2, 0) is 0 Å². The Morgan fingerprint density at radius 3 is 2.62 bits per heavy atom. The zero-order valence-electron chi connectivity index (χ0n) is 13.6. The summed E-state index contributed by atoms with van der Waals surface area (Å²) >= 11 is 1.50. The highest BCUT2D eigenvalue weighted by Crippen LogP contribution is 2.24. The van der Waals surface area contributed by atoms with E-state index in [4.69, 9.17) is 10.3 Å². The van der Waals surface area contributed by atoms with Crippen LogP contribution >= 0.6 is 11.3 Å². The number of amides is 2. The lowest BCUT2D eigenvalue weighted by Gasteiger charge is -2.05. The molecule has 134 valence electrons. The highest BCUT2D eigenvalue weighted by atomic mass is 32.1. The second-order valence-corrected chi connectivity index (χ2v) is 6.20. The van der Waals surface area contributed by atoms with Gasteiger partial charge in [0.15, 0.2) is 11.5 Å². The minimum Gasteiger partial charge on any atom is -0.382 e. The van der Waals surface area contributed by atoms with Gasteiger partial charge in [-0.2, -0.15) is 0 Å². The van der Waals surface area contributed by atoms with E-state index in [0.29, 0.717) is 25.3 Å². The summed E-state index contributed by atoms with van der Waals surface area (Å²) < 4.78 is 5.17. The topological polar surface area (TPSA) is 136 Å². The van der Waals surface area contributed by atoms with Crippen LogP contribution in [0.2, 0.25) is 0 Å². The van der Waals surface area contributed by atoms with Crippen LogP contribution in [0.15, 0.2) is 40.5 Å². The minimum atomic E-state index is -0.367. The highest BCUT2D eigenvalue weighted by Gasteiger charge is 2.14. The molecular formula is C16H16N6O3S. The van der Waals surface area contributed by atoms with Gasteiger partial charge in [0.1, 0.15) is 11.5 Å². The number of hydrogen-bond donors (Lipinski definition) is 3. The predicted molar refractivity (Wildman–Crippen MR) is 95.5 cm³/mol. The third-order valence-electron chi connectivity index (χ3n) is 3.32. The van der Waals surface area contributed by atoms with Crippen molar-refractivity contribution in [3.63, 3.8) is 0 Å². The third-order valence-corrected chi connectivity index (χ3v) is 4.20. The number of nitrogens with zero attached hydrogens (tertiary/aromatic N) is 3. The van der Waals surface area contributed by atoms with Gasteiger partial charge in [-0.1, -0.05) is 11.2 Å². The molecule has 10 heteroatoms. The molecule has 3 aromatic heterocycles. The number of nitrogens with one attached hydrogen (secondary N) is 2. The van der Waals surface area contributed by atoms with Crippen molar-refractivity contribution in [2.24, 2.45) is 0 Å². The summed E-state index contributed by atoms with van der Waals surface area (Å²) in [4.78, 5) is 32.5. The zero-order chi connectivity index (χ0) is 18.4. The molecule has 0 aliphatic carbocycles. The first-order chi connectivity index (χ1) is 12.6. The molecule has 0 aliphatic heterocycles. The Morgan fingerprint density at radius 2 is 1.92 bits per heavy atom. The van der Waals surface area contributed by atoms with Gasteiger partial charge in [-0.05, 0) is 17.9 Å². The fourth-order valence-corrected chi connectivity index (χ4v) is 2.75. The molecule has 0 saturated carbocycles. The number of carbonyl (C=O) groups is 2. The first-order valence-corrected chi connectivity index (χ1v) is 8.66. The van der Waals surface area contributed by atoms with Gasteiger partial charge in [0, 0.05) is 19.2 Å². The molecule has 3 aromatic rings. The minimum absolute atomic E-state index is 0.151. The maximum atomic E-state index is 12.0. The molecule has 0 aliphatic rings. The molecule has 9 nitrogen and oxygen atoms in total. The van der Waals surface area contributed by atoms with Gasteiger partial charge in [-0.25, -0.2) is 4.98 Å². The van der Waals surface area contributed by atoms with E-state index in [1.54, 1.807) is 6.07 Å². The largest absolute Gasteiger partial charge is 0.382 e. The molecule has 0 spiro atoms. The van der Waals surface area contributed by atoms with E-state index in [2.05, 4.69) is 25.8 Å². The second-order valence-electron chi connectivity index (χ2n) is 5.25. The molecule has 0 unspecified atom stereocenters. The van der Waals surface area contributed by atoms with Gasteiger partial charge in [0.05, 0.1) is 17.3 Å². The number of thiophene rings is 1. The van der Waals surface area contributed by atoms with Crippen LogP contribution in [0.25, 0.3) is 10.6 Å². The summed E-state index contributed by atoms with van der Waals surface area (Å²) in [6, 6.07) is 5.38. The third kappa shape index (κ3) is 4.42. The van der Waals surface area contributed by atoms with Crippen molar-refractivity contribution in [2.75, 3.05) is 18.8 Å². The van der Waals surface area contributed by atoms with Crippen molar-refractivity contribution in [3.8, 4) is 10.6 Å². The number of rotatable bonds is 7. The van der Waals surface area contributed by atoms with E-state index in [1.807, 2.05) is 17.5 Å². The first-order valence-electron chi connectivity index (χ1n) is 7.78. The average Bonchev–Trinajstić information content (AvgIpc) is 3.32. The average molecular weight is 372 g/mol. The normalized spacial score (nSPS) is 10.5. The Kier molecular flexibility index (Phi) is 5.54. The Morgan fingerprint density at radius 1 is 1.15 bits per heavy atom. The molecule has 0 atom stereocenters. The molecule has 26 heavy (non-hydrogen) atoms. The van der Waals surface area contributed by atoms with Crippen LogP contribution in [0.3, 0.4) is 0 Å². The molecule has 0 bridgehead atoms. The van der Waals surface area contributed by atoms with Crippen LogP contribution in [0.1, 0.15) is 27.4 Å². The molecule has 3 rings (SSSR count). The molecule has 0 aromatic carbocycles. The lowest BCUT2D eigenvalue weighted by Crippen LogP contribution is -2.30. The van der Waals surface area contributed by atoms with E-state index in [-0.39, 0.29) is 29.0 Å². The quantitative estimate of drug-likeness (QED) is 0.532. The van der Waals surface area contributed by atoms with Crippen molar-refractivity contribution in [1.82, 2.24) is 25.8 Å². The summed E-state index contributed by atoms with van der Waals surface area (Å²) in [6.07, 6.45) is 3.24. The number of nitrogen functional groups attached to an aromatic ring is 1. The number of carbonyl (C=O) groups excluding carboxylic acids is 2.